The van der Waals surface area contributed by atoms with E-state index in [9.17, 15) is 0 Å². The summed E-state index contributed by atoms with van der Waals surface area (Å²) >= 11 is 12.4. The van der Waals surface area contributed by atoms with Gasteiger partial charge in [-0.2, -0.15) is 0 Å². The number of methoxy groups -OCH3 is 1. The zero-order valence-corrected chi connectivity index (χ0v) is 14.0. The summed E-state index contributed by atoms with van der Waals surface area (Å²) in [7, 11) is 1.64. The van der Waals surface area contributed by atoms with E-state index in [2.05, 4.69) is 15.3 Å². The van der Waals surface area contributed by atoms with Crippen LogP contribution in [0.5, 0.6) is 5.75 Å². The Kier molecular flexibility index (Phi) is 4.84. The Morgan fingerprint density at radius 1 is 1.09 bits per heavy atom. The van der Waals surface area contributed by atoms with Gasteiger partial charge in [0, 0.05) is 22.0 Å². The second-order valence-electron chi connectivity index (χ2n) is 4.98. The molecule has 118 valence electrons. The number of ether oxygens (including phenoxy) is 1. The molecular formula is C17H15Cl2N3O. The van der Waals surface area contributed by atoms with Gasteiger partial charge in [-0.1, -0.05) is 29.3 Å². The van der Waals surface area contributed by atoms with Crippen molar-refractivity contribution in [3.63, 3.8) is 0 Å². The van der Waals surface area contributed by atoms with Crippen LogP contribution in [0.4, 0.5) is 5.82 Å². The summed E-state index contributed by atoms with van der Waals surface area (Å²) in [5, 5.41) is 5.58. The van der Waals surface area contributed by atoms with E-state index in [0.717, 1.165) is 28.0 Å². The normalized spacial score (nSPS) is 10.7. The molecule has 0 saturated heterocycles. The molecule has 1 heterocycles. The Balaban J connectivity index is 1.79. The van der Waals surface area contributed by atoms with Gasteiger partial charge in [0.25, 0.3) is 0 Å². The smallest absolute Gasteiger partial charge is 0.137 e. The standard InChI is InChI=1S/C17H15Cl2N3O/c1-23-11-5-6-16-13(9-11)17(22-10-21-16)20-8-7-12-14(18)3-2-4-15(12)19/h2-6,9-10H,7-8H2,1H3,(H,20,21,22). The number of fused-ring (bicyclic) bond motifs is 1. The molecule has 23 heavy (non-hydrogen) atoms. The van der Waals surface area contributed by atoms with E-state index in [4.69, 9.17) is 27.9 Å². The van der Waals surface area contributed by atoms with Crippen LogP contribution in [0.1, 0.15) is 5.56 Å². The summed E-state index contributed by atoms with van der Waals surface area (Å²) in [6.07, 6.45) is 2.24. The van der Waals surface area contributed by atoms with Crippen molar-refractivity contribution in [2.75, 3.05) is 19.0 Å². The monoisotopic (exact) mass is 347 g/mol. The lowest BCUT2D eigenvalue weighted by Gasteiger charge is -2.11. The average Bonchev–Trinajstić information content (AvgIpc) is 2.57. The highest BCUT2D eigenvalue weighted by Gasteiger charge is 2.07. The minimum atomic E-state index is 0.660. The first-order chi connectivity index (χ1) is 11.2. The second-order valence-corrected chi connectivity index (χ2v) is 5.80. The zero-order chi connectivity index (χ0) is 16.2. The molecule has 3 rings (SSSR count). The molecule has 0 saturated carbocycles. The van der Waals surface area contributed by atoms with Gasteiger partial charge in [0.05, 0.1) is 12.6 Å². The molecule has 4 nitrogen and oxygen atoms in total. The van der Waals surface area contributed by atoms with Gasteiger partial charge in [0.2, 0.25) is 0 Å². The van der Waals surface area contributed by atoms with Crippen molar-refractivity contribution < 1.29 is 4.74 Å². The van der Waals surface area contributed by atoms with Crippen LogP contribution >= 0.6 is 23.2 Å². The zero-order valence-electron chi connectivity index (χ0n) is 12.5. The van der Waals surface area contributed by atoms with Crippen LogP contribution in [0.25, 0.3) is 10.9 Å². The van der Waals surface area contributed by atoms with E-state index in [-0.39, 0.29) is 0 Å². The molecule has 0 aliphatic rings. The molecule has 0 aliphatic carbocycles. The first kappa shape index (κ1) is 15.8. The topological polar surface area (TPSA) is 47.0 Å². The third kappa shape index (κ3) is 3.49. The molecule has 0 bridgehead atoms. The summed E-state index contributed by atoms with van der Waals surface area (Å²) in [6.45, 7) is 0.660. The predicted molar refractivity (Wildman–Crippen MR) is 94.7 cm³/mol. The van der Waals surface area contributed by atoms with E-state index < -0.39 is 0 Å². The van der Waals surface area contributed by atoms with Crippen molar-refractivity contribution in [1.29, 1.82) is 0 Å². The molecule has 3 aromatic rings. The van der Waals surface area contributed by atoms with Crippen LogP contribution in [0.3, 0.4) is 0 Å². The summed E-state index contributed by atoms with van der Waals surface area (Å²) in [4.78, 5) is 8.58. The maximum Gasteiger partial charge on any atom is 0.137 e. The van der Waals surface area contributed by atoms with Gasteiger partial charge in [0.15, 0.2) is 0 Å². The predicted octanol–water partition coefficient (Wildman–Crippen LogP) is 4.60. The van der Waals surface area contributed by atoms with Gasteiger partial charge < -0.3 is 10.1 Å². The molecule has 0 spiro atoms. The number of hydrogen-bond donors (Lipinski definition) is 1. The van der Waals surface area contributed by atoms with Gasteiger partial charge in [0.1, 0.15) is 17.9 Å². The van der Waals surface area contributed by atoms with E-state index in [0.29, 0.717) is 23.0 Å². The lowest BCUT2D eigenvalue weighted by Crippen LogP contribution is -2.07. The summed E-state index contributed by atoms with van der Waals surface area (Å²) in [5.74, 6) is 1.53. The lowest BCUT2D eigenvalue weighted by atomic mass is 10.1. The third-order valence-corrected chi connectivity index (χ3v) is 4.28. The van der Waals surface area contributed by atoms with Crippen LogP contribution < -0.4 is 10.1 Å². The highest BCUT2D eigenvalue weighted by molar-refractivity contribution is 6.36. The number of aromatic nitrogens is 2. The molecule has 0 atom stereocenters. The van der Waals surface area contributed by atoms with Crippen molar-refractivity contribution in [3.8, 4) is 5.75 Å². The van der Waals surface area contributed by atoms with Gasteiger partial charge in [-0.05, 0) is 42.3 Å². The highest BCUT2D eigenvalue weighted by atomic mass is 35.5. The van der Waals surface area contributed by atoms with E-state index in [1.54, 1.807) is 13.4 Å². The van der Waals surface area contributed by atoms with Gasteiger partial charge in [-0.3, -0.25) is 0 Å². The number of halogens is 2. The summed E-state index contributed by atoms with van der Waals surface area (Å²) in [5.41, 5.74) is 1.79. The molecule has 1 N–H and O–H groups in total. The second kappa shape index (κ2) is 7.02. The number of anilines is 1. The van der Waals surface area contributed by atoms with Crippen molar-refractivity contribution in [1.82, 2.24) is 9.97 Å². The first-order valence-corrected chi connectivity index (χ1v) is 7.90. The largest absolute Gasteiger partial charge is 0.497 e. The van der Waals surface area contributed by atoms with E-state index >= 15 is 0 Å². The van der Waals surface area contributed by atoms with Gasteiger partial charge in [-0.15, -0.1) is 0 Å². The Morgan fingerprint density at radius 2 is 1.87 bits per heavy atom. The molecule has 0 unspecified atom stereocenters. The van der Waals surface area contributed by atoms with Crippen LogP contribution in [0, 0.1) is 0 Å². The molecule has 6 heteroatoms. The van der Waals surface area contributed by atoms with Crippen LogP contribution in [0.2, 0.25) is 10.0 Å². The Morgan fingerprint density at radius 3 is 2.61 bits per heavy atom. The van der Waals surface area contributed by atoms with Crippen LogP contribution in [-0.4, -0.2) is 23.6 Å². The molecule has 0 amide bonds. The van der Waals surface area contributed by atoms with Gasteiger partial charge >= 0.3 is 0 Å². The molecular weight excluding hydrogens is 333 g/mol. The first-order valence-electron chi connectivity index (χ1n) is 7.14. The fraction of sp³-hybridized carbons (Fsp3) is 0.176. The molecule has 1 aromatic heterocycles. The number of rotatable bonds is 5. The molecule has 0 fully saturated rings. The van der Waals surface area contributed by atoms with Crippen molar-refractivity contribution in [2.45, 2.75) is 6.42 Å². The third-order valence-electron chi connectivity index (χ3n) is 3.57. The molecule has 2 aromatic carbocycles. The van der Waals surface area contributed by atoms with E-state index in [1.807, 2.05) is 36.4 Å². The Bertz CT molecular complexity index is 819. The number of benzene rings is 2. The fourth-order valence-corrected chi connectivity index (χ4v) is 2.97. The van der Waals surface area contributed by atoms with Crippen molar-refractivity contribution in [2.24, 2.45) is 0 Å². The maximum absolute atomic E-state index is 6.19. The minimum Gasteiger partial charge on any atom is -0.497 e. The SMILES string of the molecule is COc1ccc2ncnc(NCCc3c(Cl)cccc3Cl)c2c1. The lowest BCUT2D eigenvalue weighted by molar-refractivity contribution is 0.415. The summed E-state index contributed by atoms with van der Waals surface area (Å²) < 4.78 is 5.26. The van der Waals surface area contributed by atoms with Crippen molar-refractivity contribution >= 4 is 39.9 Å². The van der Waals surface area contributed by atoms with E-state index in [1.165, 1.54) is 0 Å². The molecule has 0 radical (unpaired) electrons. The van der Waals surface area contributed by atoms with Gasteiger partial charge in [-0.25, -0.2) is 9.97 Å². The van der Waals surface area contributed by atoms with Crippen molar-refractivity contribution in [3.05, 3.63) is 58.3 Å². The average molecular weight is 348 g/mol. The quantitative estimate of drug-likeness (QED) is 0.732. The Labute approximate surface area is 144 Å². The van der Waals surface area contributed by atoms with Crippen LogP contribution in [0.15, 0.2) is 42.7 Å². The number of hydrogen-bond acceptors (Lipinski definition) is 4. The number of nitrogens with zero attached hydrogens (tertiary/aromatic N) is 2. The fourth-order valence-electron chi connectivity index (χ4n) is 2.38. The van der Waals surface area contributed by atoms with Crippen LogP contribution in [-0.2, 0) is 6.42 Å². The minimum absolute atomic E-state index is 0.660. The summed E-state index contributed by atoms with van der Waals surface area (Å²) in [6, 6.07) is 11.2. The molecule has 0 aliphatic heterocycles. The number of nitrogens with one attached hydrogen (secondary N) is 1. The maximum atomic E-state index is 6.19. The Hall–Kier alpha value is -2.04. The highest BCUT2D eigenvalue weighted by Crippen LogP contribution is 2.26.